The largest absolute Gasteiger partial charge is 0.382 e. The van der Waals surface area contributed by atoms with Gasteiger partial charge in [0.05, 0.1) is 13.2 Å². The van der Waals surface area contributed by atoms with Crippen LogP contribution in [0.3, 0.4) is 0 Å². The maximum Gasteiger partial charge on any atom is 0.251 e. The number of benzene rings is 1. The normalized spacial score (nSPS) is 15.7. The topological polar surface area (TPSA) is 50.8 Å². The summed E-state index contributed by atoms with van der Waals surface area (Å²) in [5.41, 5.74) is 1.94. The van der Waals surface area contributed by atoms with Gasteiger partial charge in [-0.15, -0.1) is 0 Å². The Balaban J connectivity index is 1.74. The first-order chi connectivity index (χ1) is 10.8. The van der Waals surface area contributed by atoms with E-state index in [9.17, 15) is 4.79 Å². The lowest BCUT2D eigenvalue weighted by Gasteiger charge is -2.26. The van der Waals surface area contributed by atoms with E-state index in [1.807, 2.05) is 31.2 Å². The van der Waals surface area contributed by atoms with E-state index in [1.54, 1.807) is 0 Å². The van der Waals surface area contributed by atoms with Crippen LogP contribution in [0.2, 0.25) is 0 Å². The van der Waals surface area contributed by atoms with E-state index < -0.39 is 0 Å². The van der Waals surface area contributed by atoms with Crippen LogP contribution in [0.1, 0.15) is 29.3 Å². The molecule has 0 saturated carbocycles. The average Bonchev–Trinajstić information content (AvgIpc) is 2.56. The highest BCUT2D eigenvalue weighted by Gasteiger charge is 2.11. The molecule has 0 radical (unpaired) electrons. The van der Waals surface area contributed by atoms with Crippen molar-refractivity contribution in [1.82, 2.24) is 10.2 Å². The van der Waals surface area contributed by atoms with E-state index in [2.05, 4.69) is 10.2 Å². The van der Waals surface area contributed by atoms with E-state index in [0.29, 0.717) is 18.7 Å². The molecule has 1 aromatic rings. The molecule has 5 heteroatoms. The molecular weight excluding hydrogens is 280 g/mol. The smallest absolute Gasteiger partial charge is 0.251 e. The van der Waals surface area contributed by atoms with Crippen LogP contribution in [0.4, 0.5) is 0 Å². The molecule has 0 aliphatic carbocycles. The van der Waals surface area contributed by atoms with Crippen molar-refractivity contribution >= 4 is 5.91 Å². The number of rotatable bonds is 8. The van der Waals surface area contributed by atoms with E-state index >= 15 is 0 Å². The van der Waals surface area contributed by atoms with Crippen LogP contribution < -0.4 is 5.32 Å². The van der Waals surface area contributed by atoms with Crippen molar-refractivity contribution in [3.63, 3.8) is 0 Å². The van der Waals surface area contributed by atoms with Crippen LogP contribution in [0.5, 0.6) is 0 Å². The van der Waals surface area contributed by atoms with Crippen LogP contribution in [-0.4, -0.2) is 56.9 Å². The Kier molecular flexibility index (Phi) is 7.36. The first-order valence-corrected chi connectivity index (χ1v) is 8.04. The Bertz CT molecular complexity index is 442. The second-order valence-corrected chi connectivity index (χ2v) is 5.39. The Morgan fingerprint density at radius 1 is 1.27 bits per heavy atom. The van der Waals surface area contributed by atoms with Gasteiger partial charge in [-0.05, 0) is 31.0 Å². The molecule has 22 heavy (non-hydrogen) atoms. The van der Waals surface area contributed by atoms with Crippen LogP contribution in [0.25, 0.3) is 0 Å². The predicted octanol–water partition coefficient (Wildman–Crippen LogP) is 1.68. The van der Waals surface area contributed by atoms with Crippen molar-refractivity contribution in [2.45, 2.75) is 19.9 Å². The lowest BCUT2D eigenvalue weighted by atomic mass is 10.1. The van der Waals surface area contributed by atoms with E-state index in [1.165, 1.54) is 5.56 Å². The summed E-state index contributed by atoms with van der Waals surface area (Å²) in [6, 6.07) is 7.86. The molecule has 1 aliphatic heterocycles. The fraction of sp³-hybridized carbons (Fsp3) is 0.588. The van der Waals surface area contributed by atoms with Gasteiger partial charge in [0.15, 0.2) is 0 Å². The molecule has 1 saturated heterocycles. The quantitative estimate of drug-likeness (QED) is 0.742. The fourth-order valence-corrected chi connectivity index (χ4v) is 2.40. The van der Waals surface area contributed by atoms with Gasteiger partial charge in [-0.2, -0.15) is 0 Å². The van der Waals surface area contributed by atoms with Crippen molar-refractivity contribution in [2.75, 3.05) is 46.1 Å². The number of amides is 1. The lowest BCUT2D eigenvalue weighted by molar-refractivity contribution is 0.0342. The Morgan fingerprint density at radius 3 is 2.68 bits per heavy atom. The molecule has 1 heterocycles. The number of carbonyl (C=O) groups excluding carboxylic acids is 1. The van der Waals surface area contributed by atoms with Crippen molar-refractivity contribution in [3.05, 3.63) is 35.4 Å². The minimum Gasteiger partial charge on any atom is -0.382 e. The summed E-state index contributed by atoms with van der Waals surface area (Å²) in [5, 5.41) is 2.91. The number of morpholine rings is 1. The fourth-order valence-electron chi connectivity index (χ4n) is 2.40. The van der Waals surface area contributed by atoms with Crippen molar-refractivity contribution in [2.24, 2.45) is 0 Å². The molecule has 0 unspecified atom stereocenters. The number of hydrogen-bond acceptors (Lipinski definition) is 4. The Labute approximate surface area is 132 Å². The number of nitrogens with one attached hydrogen (secondary N) is 1. The molecular formula is C17H26N2O3. The van der Waals surface area contributed by atoms with Gasteiger partial charge in [-0.25, -0.2) is 0 Å². The molecule has 0 atom stereocenters. The van der Waals surface area contributed by atoms with Crippen LogP contribution in [0.15, 0.2) is 24.3 Å². The van der Waals surface area contributed by atoms with Crippen LogP contribution in [0, 0.1) is 0 Å². The molecule has 0 aromatic heterocycles. The summed E-state index contributed by atoms with van der Waals surface area (Å²) >= 11 is 0. The zero-order valence-corrected chi connectivity index (χ0v) is 13.3. The van der Waals surface area contributed by atoms with Gasteiger partial charge < -0.3 is 14.8 Å². The molecule has 1 fully saturated rings. The summed E-state index contributed by atoms with van der Waals surface area (Å²) in [6.45, 7) is 8.51. The lowest BCUT2D eigenvalue weighted by Crippen LogP contribution is -2.35. The second-order valence-electron chi connectivity index (χ2n) is 5.39. The number of ether oxygens (including phenoxy) is 2. The van der Waals surface area contributed by atoms with Gasteiger partial charge >= 0.3 is 0 Å². The first-order valence-electron chi connectivity index (χ1n) is 8.04. The highest BCUT2D eigenvalue weighted by atomic mass is 16.5. The maximum atomic E-state index is 12.0. The molecule has 1 aliphatic rings. The van der Waals surface area contributed by atoms with Crippen LogP contribution in [-0.2, 0) is 16.0 Å². The zero-order chi connectivity index (χ0) is 15.6. The summed E-state index contributed by atoms with van der Waals surface area (Å²) in [4.78, 5) is 14.4. The van der Waals surface area contributed by atoms with E-state index in [-0.39, 0.29) is 5.91 Å². The van der Waals surface area contributed by atoms with Gasteiger partial charge in [0.25, 0.3) is 5.91 Å². The van der Waals surface area contributed by atoms with Gasteiger partial charge in [0.2, 0.25) is 0 Å². The molecule has 1 aromatic carbocycles. The summed E-state index contributed by atoms with van der Waals surface area (Å²) < 4.78 is 10.6. The number of carbonyl (C=O) groups is 1. The van der Waals surface area contributed by atoms with E-state index in [4.69, 9.17) is 9.47 Å². The third kappa shape index (κ3) is 5.75. The molecule has 122 valence electrons. The van der Waals surface area contributed by atoms with Gasteiger partial charge in [-0.1, -0.05) is 12.1 Å². The monoisotopic (exact) mass is 306 g/mol. The summed E-state index contributed by atoms with van der Waals surface area (Å²) in [6.07, 6.45) is 0.842. The van der Waals surface area contributed by atoms with Crippen molar-refractivity contribution in [3.8, 4) is 0 Å². The summed E-state index contributed by atoms with van der Waals surface area (Å²) in [7, 11) is 0. The van der Waals surface area contributed by atoms with Gasteiger partial charge in [-0.3, -0.25) is 9.69 Å². The van der Waals surface area contributed by atoms with Crippen molar-refractivity contribution < 1.29 is 14.3 Å². The molecule has 0 bridgehead atoms. The standard InChI is InChI=1S/C17H26N2O3/c1-2-21-11-3-8-18-17(20)16-6-4-15(5-7-16)14-19-9-12-22-13-10-19/h4-7H,2-3,8-14H2,1H3,(H,18,20). The number of nitrogens with zero attached hydrogens (tertiary/aromatic N) is 1. The first kappa shape index (κ1) is 16.9. The highest BCUT2D eigenvalue weighted by Crippen LogP contribution is 2.09. The third-order valence-corrected chi connectivity index (χ3v) is 3.68. The minimum absolute atomic E-state index is 0.0191. The average molecular weight is 306 g/mol. The highest BCUT2D eigenvalue weighted by molar-refractivity contribution is 5.94. The summed E-state index contributed by atoms with van der Waals surface area (Å²) in [5.74, 6) is -0.0191. The van der Waals surface area contributed by atoms with E-state index in [0.717, 1.165) is 45.9 Å². The van der Waals surface area contributed by atoms with Crippen LogP contribution >= 0.6 is 0 Å². The zero-order valence-electron chi connectivity index (χ0n) is 13.3. The molecule has 5 nitrogen and oxygen atoms in total. The minimum atomic E-state index is -0.0191. The van der Waals surface area contributed by atoms with Crippen molar-refractivity contribution in [1.29, 1.82) is 0 Å². The Hall–Kier alpha value is -1.43. The third-order valence-electron chi connectivity index (χ3n) is 3.68. The molecule has 1 amide bonds. The predicted molar refractivity (Wildman–Crippen MR) is 86.0 cm³/mol. The SMILES string of the molecule is CCOCCCNC(=O)c1ccc(CN2CCOCC2)cc1. The van der Waals surface area contributed by atoms with Gasteiger partial charge in [0.1, 0.15) is 0 Å². The molecule has 2 rings (SSSR count). The Morgan fingerprint density at radius 2 is 2.00 bits per heavy atom. The molecule has 1 N–H and O–H groups in total. The molecule has 0 spiro atoms. The maximum absolute atomic E-state index is 12.0. The second kappa shape index (κ2) is 9.56. The van der Waals surface area contributed by atoms with Gasteiger partial charge in [0, 0.05) is 45.0 Å². The number of hydrogen-bond donors (Lipinski definition) is 1.